The van der Waals surface area contributed by atoms with Gasteiger partial charge in [0, 0.05) is 18.3 Å². The van der Waals surface area contributed by atoms with Gasteiger partial charge in [0.2, 0.25) is 11.8 Å². The fourth-order valence-electron chi connectivity index (χ4n) is 2.93. The van der Waals surface area contributed by atoms with E-state index < -0.39 is 0 Å². The molecule has 1 aromatic heterocycles. The first kappa shape index (κ1) is 17.6. The molecule has 1 atom stereocenters. The molecular formula is C19H23N3O2S. The normalized spacial score (nSPS) is 15.4. The summed E-state index contributed by atoms with van der Waals surface area (Å²) in [4.78, 5) is 30.2. The number of hydrogen-bond donors (Lipinski definition) is 1. The van der Waals surface area contributed by atoms with Crippen molar-refractivity contribution in [1.82, 2.24) is 10.3 Å². The number of hydrogen-bond acceptors (Lipinski definition) is 4. The summed E-state index contributed by atoms with van der Waals surface area (Å²) >= 11 is 1.43. The third-order valence-corrected chi connectivity index (χ3v) is 5.36. The average Bonchev–Trinajstić information content (AvgIpc) is 3.23. The van der Waals surface area contributed by atoms with Gasteiger partial charge in [-0.2, -0.15) is 0 Å². The summed E-state index contributed by atoms with van der Waals surface area (Å²) in [6.07, 6.45) is 2.70. The number of benzene rings is 1. The second kappa shape index (κ2) is 7.78. The van der Waals surface area contributed by atoms with Crippen LogP contribution in [0.4, 0.5) is 5.13 Å². The summed E-state index contributed by atoms with van der Waals surface area (Å²) in [6.45, 7) is 4.83. The maximum atomic E-state index is 12.3. The Bertz CT molecular complexity index is 754. The number of aryl methyl sites for hydroxylation is 1. The standard InChI is InChI=1S/C19H23N3O2S/c1-3-14-6-8-15(9-7-14)13(2)20-17(23)11-16-12-25-19(21-16)22-10-4-5-18(22)24/h6-9,12-13H,3-5,10-11H2,1-2H3,(H,20,23). The average molecular weight is 357 g/mol. The number of nitrogens with one attached hydrogen (secondary N) is 1. The smallest absolute Gasteiger partial charge is 0.228 e. The van der Waals surface area contributed by atoms with Crippen LogP contribution in [0.1, 0.15) is 49.6 Å². The Balaban J connectivity index is 1.56. The fourth-order valence-corrected chi connectivity index (χ4v) is 3.80. The highest BCUT2D eigenvalue weighted by Crippen LogP contribution is 2.25. The van der Waals surface area contributed by atoms with Gasteiger partial charge in [-0.3, -0.25) is 14.5 Å². The van der Waals surface area contributed by atoms with Gasteiger partial charge in [0.05, 0.1) is 18.2 Å². The molecule has 2 amide bonds. The Morgan fingerprint density at radius 2 is 2.12 bits per heavy atom. The van der Waals surface area contributed by atoms with Crippen molar-refractivity contribution < 1.29 is 9.59 Å². The van der Waals surface area contributed by atoms with Crippen LogP contribution in [0.15, 0.2) is 29.6 Å². The molecular weight excluding hydrogens is 334 g/mol. The number of aromatic nitrogens is 1. The van der Waals surface area contributed by atoms with Crippen molar-refractivity contribution in [3.63, 3.8) is 0 Å². The minimum absolute atomic E-state index is 0.0447. The first-order chi connectivity index (χ1) is 12.1. The number of rotatable bonds is 6. The minimum Gasteiger partial charge on any atom is -0.349 e. The molecule has 1 aliphatic heterocycles. The summed E-state index contributed by atoms with van der Waals surface area (Å²) < 4.78 is 0. The Hall–Kier alpha value is -2.21. The molecule has 6 heteroatoms. The lowest BCUT2D eigenvalue weighted by atomic mass is 10.0. The molecule has 0 spiro atoms. The number of carbonyl (C=O) groups is 2. The van der Waals surface area contributed by atoms with Crippen LogP contribution in [-0.4, -0.2) is 23.3 Å². The maximum absolute atomic E-state index is 12.3. The molecule has 2 heterocycles. The van der Waals surface area contributed by atoms with Gasteiger partial charge in [-0.15, -0.1) is 11.3 Å². The van der Waals surface area contributed by atoms with E-state index >= 15 is 0 Å². The summed E-state index contributed by atoms with van der Waals surface area (Å²) in [7, 11) is 0. The Kier molecular flexibility index (Phi) is 5.48. The molecule has 0 saturated carbocycles. The van der Waals surface area contributed by atoms with Crippen molar-refractivity contribution in [3.8, 4) is 0 Å². The van der Waals surface area contributed by atoms with Crippen LogP contribution in [0, 0.1) is 0 Å². The van der Waals surface area contributed by atoms with Crippen molar-refractivity contribution in [2.24, 2.45) is 0 Å². The monoisotopic (exact) mass is 357 g/mol. The molecule has 1 saturated heterocycles. The quantitative estimate of drug-likeness (QED) is 0.863. The van der Waals surface area contributed by atoms with Crippen molar-refractivity contribution in [3.05, 3.63) is 46.5 Å². The topological polar surface area (TPSA) is 62.3 Å². The highest BCUT2D eigenvalue weighted by molar-refractivity contribution is 7.14. The molecule has 5 nitrogen and oxygen atoms in total. The zero-order valence-corrected chi connectivity index (χ0v) is 15.4. The number of anilines is 1. The lowest BCUT2D eigenvalue weighted by molar-refractivity contribution is -0.121. The fraction of sp³-hybridized carbons (Fsp3) is 0.421. The number of nitrogens with zero attached hydrogens (tertiary/aromatic N) is 2. The van der Waals surface area contributed by atoms with Gasteiger partial charge in [-0.05, 0) is 30.9 Å². The van der Waals surface area contributed by atoms with E-state index in [4.69, 9.17) is 0 Å². The molecule has 1 N–H and O–H groups in total. The van der Waals surface area contributed by atoms with Crippen LogP contribution in [-0.2, 0) is 22.4 Å². The second-order valence-electron chi connectivity index (χ2n) is 6.33. The molecule has 1 fully saturated rings. The SMILES string of the molecule is CCc1ccc(C(C)NC(=O)Cc2csc(N3CCCC3=O)n2)cc1. The predicted molar refractivity (Wildman–Crippen MR) is 99.8 cm³/mol. The third-order valence-electron chi connectivity index (χ3n) is 4.45. The molecule has 1 unspecified atom stereocenters. The summed E-state index contributed by atoms with van der Waals surface area (Å²) in [6, 6.07) is 8.26. The van der Waals surface area contributed by atoms with Crippen molar-refractivity contribution >= 4 is 28.3 Å². The van der Waals surface area contributed by atoms with E-state index in [0.29, 0.717) is 17.2 Å². The number of carbonyl (C=O) groups excluding carboxylic acids is 2. The molecule has 1 aliphatic rings. The first-order valence-corrected chi connectivity index (χ1v) is 9.57. The van der Waals surface area contributed by atoms with Crippen LogP contribution < -0.4 is 10.2 Å². The summed E-state index contributed by atoms with van der Waals surface area (Å²) in [5, 5.41) is 5.58. The first-order valence-electron chi connectivity index (χ1n) is 8.69. The van der Waals surface area contributed by atoms with E-state index in [0.717, 1.165) is 24.9 Å². The van der Waals surface area contributed by atoms with Crippen LogP contribution in [0.25, 0.3) is 0 Å². The summed E-state index contributed by atoms with van der Waals surface area (Å²) in [5.41, 5.74) is 3.09. The zero-order valence-electron chi connectivity index (χ0n) is 14.6. The molecule has 2 aromatic rings. The molecule has 0 aliphatic carbocycles. The van der Waals surface area contributed by atoms with Crippen molar-refractivity contribution in [1.29, 1.82) is 0 Å². The number of amides is 2. The van der Waals surface area contributed by atoms with E-state index in [1.54, 1.807) is 4.90 Å². The van der Waals surface area contributed by atoms with Gasteiger partial charge < -0.3 is 5.32 Å². The number of thiazole rings is 1. The zero-order chi connectivity index (χ0) is 17.8. The highest BCUT2D eigenvalue weighted by atomic mass is 32.1. The van der Waals surface area contributed by atoms with E-state index in [-0.39, 0.29) is 24.3 Å². The molecule has 1 aromatic carbocycles. The van der Waals surface area contributed by atoms with Crippen molar-refractivity contribution in [2.75, 3.05) is 11.4 Å². The van der Waals surface area contributed by atoms with Crippen molar-refractivity contribution in [2.45, 2.75) is 45.6 Å². The van der Waals surface area contributed by atoms with E-state index in [1.165, 1.54) is 16.9 Å². The lowest BCUT2D eigenvalue weighted by Gasteiger charge is -2.14. The second-order valence-corrected chi connectivity index (χ2v) is 7.17. The van der Waals surface area contributed by atoms with E-state index in [1.807, 2.05) is 12.3 Å². The van der Waals surface area contributed by atoms with Gasteiger partial charge in [-0.1, -0.05) is 31.2 Å². The van der Waals surface area contributed by atoms with Gasteiger partial charge in [0.1, 0.15) is 0 Å². The molecule has 25 heavy (non-hydrogen) atoms. The highest BCUT2D eigenvalue weighted by Gasteiger charge is 2.24. The van der Waals surface area contributed by atoms with Crippen LogP contribution in [0.2, 0.25) is 0 Å². The molecule has 132 valence electrons. The molecule has 3 rings (SSSR count). The lowest BCUT2D eigenvalue weighted by Crippen LogP contribution is -2.28. The van der Waals surface area contributed by atoms with Gasteiger partial charge in [0.15, 0.2) is 5.13 Å². The summed E-state index contributed by atoms with van der Waals surface area (Å²) in [5.74, 6) is 0.0613. The maximum Gasteiger partial charge on any atom is 0.228 e. The van der Waals surface area contributed by atoms with Gasteiger partial charge in [0.25, 0.3) is 0 Å². The Morgan fingerprint density at radius 1 is 1.36 bits per heavy atom. The van der Waals surface area contributed by atoms with Gasteiger partial charge in [-0.25, -0.2) is 4.98 Å². The third kappa shape index (κ3) is 4.25. The molecule has 0 bridgehead atoms. The van der Waals surface area contributed by atoms with Crippen LogP contribution in [0.5, 0.6) is 0 Å². The molecule has 0 radical (unpaired) electrons. The predicted octanol–water partition coefficient (Wildman–Crippen LogP) is 3.25. The van der Waals surface area contributed by atoms with Gasteiger partial charge >= 0.3 is 0 Å². The van der Waals surface area contributed by atoms with E-state index in [2.05, 4.69) is 41.5 Å². The Labute approximate surface area is 152 Å². The minimum atomic E-state index is -0.0586. The van der Waals surface area contributed by atoms with Crippen LogP contribution >= 0.6 is 11.3 Å². The Morgan fingerprint density at radius 3 is 2.76 bits per heavy atom. The van der Waals surface area contributed by atoms with E-state index in [9.17, 15) is 9.59 Å². The largest absolute Gasteiger partial charge is 0.349 e. The van der Waals surface area contributed by atoms with Crippen LogP contribution in [0.3, 0.4) is 0 Å².